The number of benzene rings is 1. The molecule has 0 saturated carbocycles. The van der Waals surface area contributed by atoms with Gasteiger partial charge in [0, 0.05) is 25.1 Å². The predicted molar refractivity (Wildman–Crippen MR) is 90.7 cm³/mol. The molecule has 1 aliphatic rings. The predicted octanol–water partition coefficient (Wildman–Crippen LogP) is 1.38. The molecule has 0 aromatic heterocycles. The second-order valence-corrected chi connectivity index (χ2v) is 8.17. The van der Waals surface area contributed by atoms with Crippen molar-refractivity contribution in [1.29, 1.82) is 0 Å². The van der Waals surface area contributed by atoms with Crippen molar-refractivity contribution in [3.63, 3.8) is 0 Å². The standard InChI is InChI=1S/C16H22N2O5S/c1-11(8-15(19)20)10-17-16(21)14-5-4-13(9-12(14)2)18-6-3-7-24(18,22)23/h4-5,9,11H,3,6-8,10H2,1-2H3,(H,17,21)(H,19,20). The summed E-state index contributed by atoms with van der Waals surface area (Å²) in [5.74, 6) is -1.21. The van der Waals surface area contributed by atoms with E-state index in [2.05, 4.69) is 5.32 Å². The fraction of sp³-hybridized carbons (Fsp3) is 0.500. The molecule has 1 atom stereocenters. The molecule has 1 aromatic carbocycles. The highest BCUT2D eigenvalue weighted by Gasteiger charge is 2.28. The third-order valence-corrected chi connectivity index (χ3v) is 5.85. The van der Waals surface area contributed by atoms with Crippen molar-refractivity contribution in [2.75, 3.05) is 23.1 Å². The Morgan fingerprint density at radius 2 is 2.08 bits per heavy atom. The molecule has 1 fully saturated rings. The highest BCUT2D eigenvalue weighted by Crippen LogP contribution is 2.26. The zero-order chi connectivity index (χ0) is 17.9. The summed E-state index contributed by atoms with van der Waals surface area (Å²) in [7, 11) is -3.25. The van der Waals surface area contributed by atoms with Crippen LogP contribution < -0.4 is 9.62 Å². The van der Waals surface area contributed by atoms with Gasteiger partial charge in [-0.05, 0) is 43.0 Å². The van der Waals surface area contributed by atoms with Gasteiger partial charge in [-0.1, -0.05) is 6.92 Å². The first-order valence-corrected chi connectivity index (χ1v) is 9.42. The van der Waals surface area contributed by atoms with Crippen molar-refractivity contribution in [2.45, 2.75) is 26.7 Å². The molecular weight excluding hydrogens is 332 g/mol. The zero-order valence-electron chi connectivity index (χ0n) is 13.8. The van der Waals surface area contributed by atoms with Gasteiger partial charge in [-0.15, -0.1) is 0 Å². The number of carboxylic acids is 1. The SMILES string of the molecule is Cc1cc(N2CCCS2(=O)=O)ccc1C(=O)NCC(C)CC(=O)O. The highest BCUT2D eigenvalue weighted by molar-refractivity contribution is 7.93. The number of sulfonamides is 1. The molecule has 8 heteroatoms. The Hall–Kier alpha value is -2.09. The smallest absolute Gasteiger partial charge is 0.303 e. The number of nitrogens with one attached hydrogen (secondary N) is 1. The number of carboxylic acid groups (broad SMARTS) is 1. The van der Waals surface area contributed by atoms with Crippen LogP contribution in [0.2, 0.25) is 0 Å². The topological polar surface area (TPSA) is 104 Å². The number of aryl methyl sites for hydroxylation is 1. The van der Waals surface area contributed by atoms with E-state index in [1.54, 1.807) is 32.0 Å². The third kappa shape index (κ3) is 4.25. The van der Waals surface area contributed by atoms with Gasteiger partial charge in [0.05, 0.1) is 11.4 Å². The molecule has 0 radical (unpaired) electrons. The van der Waals surface area contributed by atoms with E-state index in [-0.39, 0.29) is 30.5 Å². The van der Waals surface area contributed by atoms with Crippen molar-refractivity contribution in [1.82, 2.24) is 5.32 Å². The summed E-state index contributed by atoms with van der Waals surface area (Å²) in [6.07, 6.45) is 0.593. The Bertz CT molecular complexity index is 745. The van der Waals surface area contributed by atoms with Crippen molar-refractivity contribution in [2.24, 2.45) is 5.92 Å². The van der Waals surface area contributed by atoms with Gasteiger partial charge in [0.2, 0.25) is 10.0 Å². The monoisotopic (exact) mass is 354 g/mol. The maximum atomic E-state index is 12.2. The van der Waals surface area contributed by atoms with Gasteiger partial charge in [0.15, 0.2) is 0 Å². The maximum Gasteiger partial charge on any atom is 0.303 e. The summed E-state index contributed by atoms with van der Waals surface area (Å²) in [6, 6.07) is 4.93. The molecule has 132 valence electrons. The van der Waals surface area contributed by atoms with E-state index in [4.69, 9.17) is 5.11 Å². The van der Waals surface area contributed by atoms with E-state index >= 15 is 0 Å². The first-order chi connectivity index (χ1) is 11.2. The van der Waals surface area contributed by atoms with E-state index in [1.165, 1.54) is 4.31 Å². The van der Waals surface area contributed by atoms with Gasteiger partial charge in [0.25, 0.3) is 5.91 Å². The Morgan fingerprint density at radius 1 is 1.38 bits per heavy atom. The summed E-state index contributed by atoms with van der Waals surface area (Å²) < 4.78 is 25.3. The third-order valence-electron chi connectivity index (χ3n) is 3.98. The lowest BCUT2D eigenvalue weighted by atomic mass is 10.1. The number of hydrogen-bond donors (Lipinski definition) is 2. The average Bonchev–Trinajstić information content (AvgIpc) is 2.83. The van der Waals surface area contributed by atoms with E-state index in [0.29, 0.717) is 29.8 Å². The molecule has 0 spiro atoms. The Balaban J connectivity index is 2.07. The second-order valence-electron chi connectivity index (χ2n) is 6.15. The largest absolute Gasteiger partial charge is 0.481 e. The summed E-state index contributed by atoms with van der Waals surface area (Å²) in [5, 5.41) is 11.4. The minimum atomic E-state index is -3.25. The molecule has 1 saturated heterocycles. The minimum Gasteiger partial charge on any atom is -0.481 e. The quantitative estimate of drug-likeness (QED) is 0.803. The molecule has 1 unspecified atom stereocenters. The molecule has 0 bridgehead atoms. The lowest BCUT2D eigenvalue weighted by Crippen LogP contribution is -2.30. The number of anilines is 1. The molecule has 2 rings (SSSR count). The molecule has 1 aromatic rings. The summed E-state index contributed by atoms with van der Waals surface area (Å²) in [4.78, 5) is 22.9. The van der Waals surface area contributed by atoms with Crippen molar-refractivity contribution < 1.29 is 23.1 Å². The fourth-order valence-electron chi connectivity index (χ4n) is 2.72. The number of hydrogen-bond acceptors (Lipinski definition) is 4. The lowest BCUT2D eigenvalue weighted by molar-refractivity contribution is -0.137. The summed E-state index contributed by atoms with van der Waals surface area (Å²) in [5.41, 5.74) is 1.71. The maximum absolute atomic E-state index is 12.2. The van der Waals surface area contributed by atoms with Crippen LogP contribution in [-0.4, -0.2) is 44.2 Å². The van der Waals surface area contributed by atoms with Crippen LogP contribution in [0.1, 0.15) is 35.7 Å². The van der Waals surface area contributed by atoms with Crippen LogP contribution in [0.5, 0.6) is 0 Å². The first kappa shape index (κ1) is 18.3. The van der Waals surface area contributed by atoms with Gasteiger partial charge < -0.3 is 10.4 Å². The molecule has 24 heavy (non-hydrogen) atoms. The Morgan fingerprint density at radius 3 is 2.62 bits per heavy atom. The van der Waals surface area contributed by atoms with Gasteiger partial charge in [0.1, 0.15) is 0 Å². The number of carbonyl (C=O) groups excluding carboxylic acids is 1. The second kappa shape index (κ2) is 7.21. The number of aliphatic carboxylic acids is 1. The summed E-state index contributed by atoms with van der Waals surface area (Å²) in [6.45, 7) is 4.23. The van der Waals surface area contributed by atoms with Crippen LogP contribution in [-0.2, 0) is 14.8 Å². The van der Waals surface area contributed by atoms with Gasteiger partial charge in [-0.3, -0.25) is 13.9 Å². The van der Waals surface area contributed by atoms with Crippen molar-refractivity contribution in [3.05, 3.63) is 29.3 Å². The fourth-order valence-corrected chi connectivity index (χ4v) is 4.28. The van der Waals surface area contributed by atoms with E-state index in [9.17, 15) is 18.0 Å². The number of rotatable bonds is 6. The molecule has 1 aliphatic heterocycles. The summed E-state index contributed by atoms with van der Waals surface area (Å²) >= 11 is 0. The highest BCUT2D eigenvalue weighted by atomic mass is 32.2. The van der Waals surface area contributed by atoms with Gasteiger partial charge >= 0.3 is 5.97 Å². The van der Waals surface area contributed by atoms with Crippen LogP contribution >= 0.6 is 0 Å². The molecule has 2 N–H and O–H groups in total. The van der Waals surface area contributed by atoms with Crippen molar-refractivity contribution in [3.8, 4) is 0 Å². The van der Waals surface area contributed by atoms with Crippen LogP contribution in [0.3, 0.4) is 0 Å². The van der Waals surface area contributed by atoms with E-state index < -0.39 is 16.0 Å². The Labute approximate surface area is 141 Å². The van der Waals surface area contributed by atoms with Crippen LogP contribution in [0, 0.1) is 12.8 Å². The average molecular weight is 354 g/mol. The number of nitrogens with zero attached hydrogens (tertiary/aromatic N) is 1. The zero-order valence-corrected chi connectivity index (χ0v) is 14.6. The van der Waals surface area contributed by atoms with Gasteiger partial charge in [-0.2, -0.15) is 0 Å². The van der Waals surface area contributed by atoms with Crippen LogP contribution in [0.4, 0.5) is 5.69 Å². The van der Waals surface area contributed by atoms with E-state index in [1.807, 2.05) is 0 Å². The molecule has 7 nitrogen and oxygen atoms in total. The molecule has 1 amide bonds. The molecule has 0 aliphatic carbocycles. The Kier molecular flexibility index (Phi) is 5.48. The van der Waals surface area contributed by atoms with E-state index in [0.717, 1.165) is 0 Å². The van der Waals surface area contributed by atoms with Gasteiger partial charge in [-0.25, -0.2) is 8.42 Å². The van der Waals surface area contributed by atoms with Crippen LogP contribution in [0.25, 0.3) is 0 Å². The normalized spacial score (nSPS) is 17.5. The number of carbonyl (C=O) groups is 2. The molecular formula is C16H22N2O5S. The minimum absolute atomic E-state index is 0.00891. The first-order valence-electron chi connectivity index (χ1n) is 7.82. The van der Waals surface area contributed by atoms with Crippen molar-refractivity contribution >= 4 is 27.6 Å². The lowest BCUT2D eigenvalue weighted by Gasteiger charge is -2.18. The number of amides is 1. The molecule has 1 heterocycles. The van der Waals surface area contributed by atoms with Crippen LogP contribution in [0.15, 0.2) is 18.2 Å².